The van der Waals surface area contributed by atoms with Gasteiger partial charge in [0.25, 0.3) is 0 Å². The van der Waals surface area contributed by atoms with Crippen LogP contribution in [0.4, 0.5) is 0 Å². The largest absolute Gasteiger partial charge is 0.314 e. The van der Waals surface area contributed by atoms with Gasteiger partial charge in [-0.1, -0.05) is 26.8 Å². The number of rotatable bonds is 8. The third-order valence-corrected chi connectivity index (χ3v) is 2.21. The smallest absolute Gasteiger partial charge is 0.00694 e. The molecule has 13 heavy (non-hydrogen) atoms. The van der Waals surface area contributed by atoms with Crippen molar-refractivity contribution < 1.29 is 0 Å². The first-order chi connectivity index (χ1) is 6.20. The Morgan fingerprint density at radius 3 is 2.54 bits per heavy atom. The van der Waals surface area contributed by atoms with E-state index in [4.69, 9.17) is 0 Å². The summed E-state index contributed by atoms with van der Waals surface area (Å²) in [6.07, 6.45) is 7.02. The maximum atomic E-state index is 3.74. The van der Waals surface area contributed by atoms with Crippen molar-refractivity contribution in [3.05, 3.63) is 12.7 Å². The summed E-state index contributed by atoms with van der Waals surface area (Å²) in [6.45, 7) is 11.6. The molecule has 1 N–H and O–H groups in total. The van der Waals surface area contributed by atoms with Crippen LogP contribution in [0.15, 0.2) is 12.7 Å². The van der Waals surface area contributed by atoms with Crippen LogP contribution in [-0.4, -0.2) is 12.6 Å². The van der Waals surface area contributed by atoms with Crippen LogP contribution in [0.2, 0.25) is 0 Å². The number of unbranched alkanes of at least 4 members (excludes halogenated alkanes) is 1. The molecule has 1 nitrogen and oxygen atoms in total. The Hall–Kier alpha value is -0.300. The molecule has 0 aromatic rings. The van der Waals surface area contributed by atoms with Gasteiger partial charge in [0.15, 0.2) is 0 Å². The van der Waals surface area contributed by atoms with Crippen molar-refractivity contribution >= 4 is 0 Å². The maximum absolute atomic E-state index is 3.74. The number of hydrogen-bond acceptors (Lipinski definition) is 1. The molecular weight excluding hydrogens is 158 g/mol. The van der Waals surface area contributed by atoms with Crippen LogP contribution in [-0.2, 0) is 0 Å². The van der Waals surface area contributed by atoms with Gasteiger partial charge in [-0.2, -0.15) is 0 Å². The Morgan fingerprint density at radius 2 is 2.08 bits per heavy atom. The normalized spacial score (nSPS) is 13.2. The Bertz CT molecular complexity index is 118. The molecule has 0 aliphatic carbocycles. The molecule has 0 aliphatic heterocycles. The van der Waals surface area contributed by atoms with E-state index in [1.54, 1.807) is 0 Å². The molecule has 0 heterocycles. The second kappa shape index (κ2) is 8.31. The van der Waals surface area contributed by atoms with Crippen molar-refractivity contribution in [2.75, 3.05) is 6.54 Å². The summed E-state index contributed by atoms with van der Waals surface area (Å²) in [7, 11) is 0. The summed E-state index contributed by atoms with van der Waals surface area (Å²) in [5.41, 5.74) is 0. The minimum absolute atomic E-state index is 0.713. The van der Waals surface area contributed by atoms with Crippen molar-refractivity contribution in [1.29, 1.82) is 0 Å². The molecule has 0 radical (unpaired) electrons. The van der Waals surface area contributed by atoms with Crippen LogP contribution in [0.1, 0.15) is 46.5 Å². The highest BCUT2D eigenvalue weighted by atomic mass is 14.9. The molecule has 0 rings (SSSR count). The van der Waals surface area contributed by atoms with E-state index in [9.17, 15) is 0 Å². The quantitative estimate of drug-likeness (QED) is 0.449. The third kappa shape index (κ3) is 8.04. The van der Waals surface area contributed by atoms with Gasteiger partial charge in [0, 0.05) is 6.04 Å². The van der Waals surface area contributed by atoms with Gasteiger partial charge in [0.05, 0.1) is 0 Å². The predicted octanol–water partition coefficient (Wildman–Crippen LogP) is 3.37. The lowest BCUT2D eigenvalue weighted by atomic mass is 9.99. The van der Waals surface area contributed by atoms with Gasteiger partial charge >= 0.3 is 0 Å². The van der Waals surface area contributed by atoms with E-state index in [0.29, 0.717) is 6.04 Å². The van der Waals surface area contributed by atoms with Gasteiger partial charge in [0.2, 0.25) is 0 Å². The second-order valence-electron chi connectivity index (χ2n) is 4.10. The highest BCUT2D eigenvalue weighted by molar-refractivity contribution is 4.72. The topological polar surface area (TPSA) is 12.0 Å². The minimum atomic E-state index is 0.713. The van der Waals surface area contributed by atoms with E-state index in [1.807, 2.05) is 6.08 Å². The Kier molecular flexibility index (Phi) is 8.11. The van der Waals surface area contributed by atoms with Crippen molar-refractivity contribution in [2.45, 2.75) is 52.5 Å². The summed E-state index contributed by atoms with van der Waals surface area (Å²) in [5.74, 6) is 0.799. The number of hydrogen-bond donors (Lipinski definition) is 1. The molecule has 0 amide bonds. The molecule has 1 atom stereocenters. The first-order valence-corrected chi connectivity index (χ1v) is 5.55. The van der Waals surface area contributed by atoms with E-state index in [1.165, 1.54) is 19.3 Å². The van der Waals surface area contributed by atoms with Gasteiger partial charge in [-0.25, -0.2) is 0 Å². The first-order valence-electron chi connectivity index (χ1n) is 5.55. The average molecular weight is 183 g/mol. The summed E-state index contributed by atoms with van der Waals surface area (Å²) >= 11 is 0. The molecule has 0 aromatic carbocycles. The van der Waals surface area contributed by atoms with E-state index < -0.39 is 0 Å². The fourth-order valence-corrected chi connectivity index (χ4v) is 1.67. The van der Waals surface area contributed by atoms with Crippen LogP contribution >= 0.6 is 0 Å². The summed E-state index contributed by atoms with van der Waals surface area (Å²) in [5, 5.41) is 3.54. The van der Waals surface area contributed by atoms with Crippen LogP contribution in [0, 0.1) is 5.92 Å². The highest BCUT2D eigenvalue weighted by Gasteiger charge is 2.08. The van der Waals surface area contributed by atoms with Gasteiger partial charge in [-0.15, -0.1) is 6.58 Å². The molecule has 78 valence electrons. The summed E-state index contributed by atoms with van der Waals surface area (Å²) in [6, 6.07) is 0.713. The predicted molar refractivity (Wildman–Crippen MR) is 61.0 cm³/mol. The van der Waals surface area contributed by atoms with Crippen LogP contribution in [0.5, 0.6) is 0 Å². The molecule has 0 spiro atoms. The van der Waals surface area contributed by atoms with E-state index in [2.05, 4.69) is 32.7 Å². The van der Waals surface area contributed by atoms with Gasteiger partial charge < -0.3 is 5.32 Å². The Labute approximate surface area is 83.6 Å². The van der Waals surface area contributed by atoms with E-state index in [0.717, 1.165) is 18.9 Å². The average Bonchev–Trinajstić information content (AvgIpc) is 2.04. The summed E-state index contributed by atoms with van der Waals surface area (Å²) in [4.78, 5) is 0. The van der Waals surface area contributed by atoms with Crippen molar-refractivity contribution in [1.82, 2.24) is 5.32 Å². The molecular formula is C12H25N. The van der Waals surface area contributed by atoms with Gasteiger partial charge in [-0.3, -0.25) is 0 Å². The Balaban J connectivity index is 3.59. The third-order valence-electron chi connectivity index (χ3n) is 2.21. The molecule has 0 saturated heterocycles. The molecule has 1 heteroatoms. The standard InChI is InChI=1S/C12H25N/c1-5-7-8-9-12(13-6-2)10-11(3)4/h5,11-13H,1,6-10H2,2-4H3. The van der Waals surface area contributed by atoms with Gasteiger partial charge in [-0.05, 0) is 38.1 Å². The second-order valence-corrected chi connectivity index (χ2v) is 4.10. The monoisotopic (exact) mass is 183 g/mol. The zero-order chi connectivity index (χ0) is 10.1. The molecule has 0 saturated carbocycles. The maximum Gasteiger partial charge on any atom is 0.00694 e. The molecule has 1 unspecified atom stereocenters. The molecule has 0 fully saturated rings. The number of allylic oxidation sites excluding steroid dienone is 1. The van der Waals surface area contributed by atoms with Crippen molar-refractivity contribution in [3.63, 3.8) is 0 Å². The fraction of sp³-hybridized carbons (Fsp3) is 0.833. The highest BCUT2D eigenvalue weighted by Crippen LogP contribution is 2.11. The lowest BCUT2D eigenvalue weighted by molar-refractivity contribution is 0.398. The van der Waals surface area contributed by atoms with Crippen molar-refractivity contribution in [3.8, 4) is 0 Å². The van der Waals surface area contributed by atoms with Crippen LogP contribution < -0.4 is 5.32 Å². The van der Waals surface area contributed by atoms with Crippen LogP contribution in [0.25, 0.3) is 0 Å². The lowest BCUT2D eigenvalue weighted by Crippen LogP contribution is -2.30. The van der Waals surface area contributed by atoms with Gasteiger partial charge in [0.1, 0.15) is 0 Å². The fourth-order valence-electron chi connectivity index (χ4n) is 1.67. The molecule has 0 aliphatic rings. The first kappa shape index (κ1) is 12.7. The molecule has 0 aromatic heterocycles. The van der Waals surface area contributed by atoms with Crippen LogP contribution in [0.3, 0.4) is 0 Å². The molecule has 0 bridgehead atoms. The van der Waals surface area contributed by atoms with Crippen molar-refractivity contribution in [2.24, 2.45) is 5.92 Å². The SMILES string of the molecule is C=CCCCC(CC(C)C)NCC. The lowest BCUT2D eigenvalue weighted by Gasteiger charge is -2.19. The summed E-state index contributed by atoms with van der Waals surface area (Å²) < 4.78 is 0. The zero-order valence-corrected chi connectivity index (χ0v) is 9.47. The van der Waals surface area contributed by atoms with E-state index in [-0.39, 0.29) is 0 Å². The zero-order valence-electron chi connectivity index (χ0n) is 9.47. The number of nitrogens with one attached hydrogen (secondary N) is 1. The Morgan fingerprint density at radius 1 is 1.38 bits per heavy atom. The van der Waals surface area contributed by atoms with E-state index >= 15 is 0 Å². The minimum Gasteiger partial charge on any atom is -0.314 e.